The van der Waals surface area contributed by atoms with E-state index in [1.807, 2.05) is 18.2 Å². The molecule has 0 heterocycles. The monoisotopic (exact) mass is 366 g/mol. The summed E-state index contributed by atoms with van der Waals surface area (Å²) < 4.78 is 0. The van der Waals surface area contributed by atoms with Crippen LogP contribution < -0.4 is 5.32 Å². The molecule has 0 bridgehead atoms. The van der Waals surface area contributed by atoms with Gasteiger partial charge in [0, 0.05) is 37.7 Å². The molecule has 2 rings (SSSR count). The third kappa shape index (κ3) is 7.05. The molecule has 0 aliphatic rings. The molecule has 0 aromatic heterocycles. The van der Waals surface area contributed by atoms with Gasteiger partial charge in [-0.2, -0.15) is 0 Å². The van der Waals surface area contributed by atoms with Crippen LogP contribution >= 0.6 is 0 Å². The van der Waals surface area contributed by atoms with E-state index in [4.69, 9.17) is 0 Å². The Balaban J connectivity index is 1.77. The largest absolute Gasteiger partial charge is 0.342 e. The van der Waals surface area contributed by atoms with Gasteiger partial charge in [0.15, 0.2) is 5.78 Å². The average Bonchev–Trinajstić information content (AvgIpc) is 2.65. The lowest BCUT2D eigenvalue weighted by atomic mass is 10.1. The first-order valence-corrected chi connectivity index (χ1v) is 9.16. The second kappa shape index (κ2) is 10.3. The first-order valence-electron chi connectivity index (χ1n) is 9.16. The maximum atomic E-state index is 12.1. The van der Waals surface area contributed by atoms with Crippen LogP contribution in [0.15, 0.2) is 54.6 Å². The van der Waals surface area contributed by atoms with Crippen molar-refractivity contribution in [3.05, 3.63) is 65.7 Å². The van der Waals surface area contributed by atoms with E-state index >= 15 is 0 Å². The average molecular weight is 366 g/mol. The SMILES string of the molecule is CC(=O)c1ccc(NC(=O)CCN(CCCc2ccccc2)C(C)=O)cc1. The van der Waals surface area contributed by atoms with Crippen molar-refractivity contribution >= 4 is 23.3 Å². The van der Waals surface area contributed by atoms with E-state index in [2.05, 4.69) is 17.4 Å². The van der Waals surface area contributed by atoms with E-state index in [0.717, 1.165) is 12.8 Å². The summed E-state index contributed by atoms with van der Waals surface area (Å²) in [5, 5.41) is 2.80. The summed E-state index contributed by atoms with van der Waals surface area (Å²) in [6.07, 6.45) is 2.00. The third-order valence-corrected chi connectivity index (χ3v) is 4.37. The summed E-state index contributed by atoms with van der Waals surface area (Å²) in [6.45, 7) is 4.05. The maximum absolute atomic E-state index is 12.1. The molecule has 5 heteroatoms. The van der Waals surface area contributed by atoms with Crippen LogP contribution in [0.1, 0.15) is 42.6 Å². The smallest absolute Gasteiger partial charge is 0.226 e. The molecule has 1 N–H and O–H groups in total. The first kappa shape index (κ1) is 20.4. The number of rotatable bonds is 9. The summed E-state index contributed by atoms with van der Waals surface area (Å²) in [7, 11) is 0. The highest BCUT2D eigenvalue weighted by molar-refractivity contribution is 5.95. The van der Waals surface area contributed by atoms with Crippen molar-refractivity contribution in [3.8, 4) is 0 Å². The van der Waals surface area contributed by atoms with E-state index in [9.17, 15) is 14.4 Å². The summed E-state index contributed by atoms with van der Waals surface area (Å²) in [5.74, 6) is -0.193. The predicted octanol–water partition coefficient (Wildman–Crippen LogP) is 3.70. The van der Waals surface area contributed by atoms with Crippen LogP contribution in [0.5, 0.6) is 0 Å². The van der Waals surface area contributed by atoms with Crippen molar-refractivity contribution < 1.29 is 14.4 Å². The Labute approximate surface area is 160 Å². The van der Waals surface area contributed by atoms with Gasteiger partial charge in [0.1, 0.15) is 0 Å². The van der Waals surface area contributed by atoms with Gasteiger partial charge in [-0.3, -0.25) is 14.4 Å². The van der Waals surface area contributed by atoms with Crippen molar-refractivity contribution in [1.82, 2.24) is 4.90 Å². The fraction of sp³-hybridized carbons (Fsp3) is 0.318. The summed E-state index contributed by atoms with van der Waals surface area (Å²) in [4.78, 5) is 36.9. The van der Waals surface area contributed by atoms with Gasteiger partial charge >= 0.3 is 0 Å². The van der Waals surface area contributed by atoms with Gasteiger partial charge in [0.25, 0.3) is 0 Å². The quantitative estimate of drug-likeness (QED) is 0.688. The fourth-order valence-electron chi connectivity index (χ4n) is 2.79. The lowest BCUT2D eigenvalue weighted by Gasteiger charge is -2.20. The topological polar surface area (TPSA) is 66.5 Å². The molecule has 0 aliphatic heterocycles. The Morgan fingerprint density at radius 2 is 1.56 bits per heavy atom. The molecule has 2 aromatic rings. The maximum Gasteiger partial charge on any atom is 0.226 e. The van der Waals surface area contributed by atoms with Crippen LogP contribution in [0.2, 0.25) is 0 Å². The van der Waals surface area contributed by atoms with Crippen molar-refractivity contribution in [2.45, 2.75) is 33.1 Å². The molecule has 5 nitrogen and oxygen atoms in total. The van der Waals surface area contributed by atoms with Gasteiger partial charge in [-0.15, -0.1) is 0 Å². The normalized spacial score (nSPS) is 10.3. The number of benzene rings is 2. The van der Waals surface area contributed by atoms with Crippen molar-refractivity contribution in [3.63, 3.8) is 0 Å². The molecule has 0 spiro atoms. The van der Waals surface area contributed by atoms with Crippen LogP contribution in [-0.2, 0) is 16.0 Å². The van der Waals surface area contributed by atoms with Crippen molar-refractivity contribution in [2.75, 3.05) is 18.4 Å². The van der Waals surface area contributed by atoms with E-state index in [-0.39, 0.29) is 24.0 Å². The third-order valence-electron chi connectivity index (χ3n) is 4.37. The number of nitrogens with zero attached hydrogens (tertiary/aromatic N) is 1. The van der Waals surface area contributed by atoms with Crippen LogP contribution in [0.4, 0.5) is 5.69 Å². The zero-order chi connectivity index (χ0) is 19.6. The molecule has 2 amide bonds. The second-order valence-corrected chi connectivity index (χ2v) is 6.53. The number of hydrogen-bond acceptors (Lipinski definition) is 3. The van der Waals surface area contributed by atoms with Crippen LogP contribution in [0.25, 0.3) is 0 Å². The molecule has 27 heavy (non-hydrogen) atoms. The van der Waals surface area contributed by atoms with Gasteiger partial charge in [0.05, 0.1) is 0 Å². The Bertz CT molecular complexity index is 770. The molecule has 0 fully saturated rings. The lowest BCUT2D eigenvalue weighted by Crippen LogP contribution is -2.33. The van der Waals surface area contributed by atoms with E-state index in [0.29, 0.717) is 24.3 Å². The van der Waals surface area contributed by atoms with Crippen molar-refractivity contribution in [1.29, 1.82) is 0 Å². The van der Waals surface area contributed by atoms with Crippen LogP contribution in [0, 0.1) is 0 Å². The minimum absolute atomic E-state index is 0.0134. The molecule has 0 radical (unpaired) electrons. The summed E-state index contributed by atoms with van der Waals surface area (Å²) >= 11 is 0. The Hall–Kier alpha value is -2.95. The minimum atomic E-state index is -0.153. The van der Waals surface area contributed by atoms with E-state index < -0.39 is 0 Å². The first-order chi connectivity index (χ1) is 13.0. The molecule has 0 atom stereocenters. The highest BCUT2D eigenvalue weighted by Crippen LogP contribution is 2.11. The lowest BCUT2D eigenvalue weighted by molar-refractivity contribution is -0.129. The van der Waals surface area contributed by atoms with Gasteiger partial charge in [0.2, 0.25) is 11.8 Å². The number of nitrogens with one attached hydrogen (secondary N) is 1. The molecule has 0 aliphatic carbocycles. The Kier molecular flexibility index (Phi) is 7.74. The van der Waals surface area contributed by atoms with E-state index in [1.54, 1.807) is 29.2 Å². The minimum Gasteiger partial charge on any atom is -0.342 e. The Morgan fingerprint density at radius 1 is 0.889 bits per heavy atom. The highest BCUT2D eigenvalue weighted by atomic mass is 16.2. The van der Waals surface area contributed by atoms with Crippen LogP contribution in [0.3, 0.4) is 0 Å². The molecular formula is C22H26N2O3. The molecular weight excluding hydrogens is 340 g/mol. The van der Waals surface area contributed by atoms with Gasteiger partial charge < -0.3 is 10.2 Å². The fourth-order valence-corrected chi connectivity index (χ4v) is 2.79. The van der Waals surface area contributed by atoms with Crippen LogP contribution in [-0.4, -0.2) is 35.6 Å². The van der Waals surface area contributed by atoms with Gasteiger partial charge in [-0.05, 0) is 49.6 Å². The predicted molar refractivity (Wildman–Crippen MR) is 107 cm³/mol. The van der Waals surface area contributed by atoms with Gasteiger partial charge in [-0.1, -0.05) is 30.3 Å². The zero-order valence-electron chi connectivity index (χ0n) is 15.9. The van der Waals surface area contributed by atoms with Crippen molar-refractivity contribution in [2.24, 2.45) is 0 Å². The Morgan fingerprint density at radius 3 is 2.15 bits per heavy atom. The number of amides is 2. The number of anilines is 1. The molecule has 0 unspecified atom stereocenters. The number of ketones is 1. The second-order valence-electron chi connectivity index (χ2n) is 6.53. The molecule has 0 saturated carbocycles. The number of aryl methyl sites for hydroxylation is 1. The number of Topliss-reactive ketones (excluding diaryl/α,β-unsaturated/α-hetero) is 1. The number of hydrogen-bond donors (Lipinski definition) is 1. The highest BCUT2D eigenvalue weighted by Gasteiger charge is 2.11. The van der Waals surface area contributed by atoms with Gasteiger partial charge in [-0.25, -0.2) is 0 Å². The number of carbonyl (C=O) groups excluding carboxylic acids is 3. The zero-order valence-corrected chi connectivity index (χ0v) is 15.9. The molecule has 142 valence electrons. The van der Waals surface area contributed by atoms with E-state index in [1.165, 1.54) is 19.4 Å². The molecule has 2 aromatic carbocycles. The standard InChI is InChI=1S/C22H26N2O3/c1-17(25)20-10-12-21(13-11-20)23-22(27)14-16-24(18(2)26)15-6-9-19-7-4-3-5-8-19/h3-5,7-8,10-13H,6,9,14-16H2,1-2H3,(H,23,27). The number of carbonyl (C=O) groups is 3. The molecule has 0 saturated heterocycles. The summed E-state index contributed by atoms with van der Waals surface area (Å²) in [5.41, 5.74) is 2.49. The summed E-state index contributed by atoms with van der Waals surface area (Å²) in [6, 6.07) is 16.9.